The highest BCUT2D eigenvalue weighted by atomic mass is 13.9. The number of hydrogen-bond acceptors (Lipinski definition) is 0. The minimum atomic E-state index is 0.699. The molecule has 0 aliphatic carbocycles. The number of hydrogen-bond donors (Lipinski definition) is 0. The molecule has 0 saturated heterocycles. The number of allylic oxidation sites excluding steroid dienone is 3. The summed E-state index contributed by atoms with van der Waals surface area (Å²) >= 11 is 0. The van der Waals surface area contributed by atoms with Gasteiger partial charge in [0.15, 0.2) is 0 Å². The van der Waals surface area contributed by atoms with Crippen LogP contribution >= 0.6 is 0 Å². The second-order valence-corrected chi connectivity index (χ2v) is 5.25. The third-order valence-electron chi connectivity index (χ3n) is 2.36. The van der Waals surface area contributed by atoms with Crippen LogP contribution in [0, 0.1) is 11.8 Å². The van der Waals surface area contributed by atoms with E-state index < -0.39 is 0 Å². The van der Waals surface area contributed by atoms with E-state index >= 15 is 0 Å². The zero-order valence-electron chi connectivity index (χ0n) is 13.8. The minimum Gasteiger partial charge on any atom is -0.103 e. The Morgan fingerprint density at radius 1 is 1.11 bits per heavy atom. The van der Waals surface area contributed by atoms with E-state index in [4.69, 9.17) is 0 Å². The molecule has 0 bridgehead atoms. The summed E-state index contributed by atoms with van der Waals surface area (Å²) in [5.74, 6) is 1.48. The molecular weight excluding hydrogens is 216 g/mol. The van der Waals surface area contributed by atoms with E-state index in [9.17, 15) is 0 Å². The highest BCUT2D eigenvalue weighted by molar-refractivity contribution is 4.86. The molecule has 18 heavy (non-hydrogen) atoms. The molecule has 0 aliphatic heterocycles. The molecule has 0 aromatic rings. The molecule has 0 spiro atoms. The maximum atomic E-state index is 3.74. The van der Waals surface area contributed by atoms with Gasteiger partial charge in [0.25, 0.3) is 0 Å². The first-order chi connectivity index (χ1) is 8.35. The lowest BCUT2D eigenvalue weighted by Crippen LogP contribution is -1.80. The Balaban J connectivity index is -0.000000187. The van der Waals surface area contributed by atoms with Crippen molar-refractivity contribution in [1.82, 2.24) is 0 Å². The fourth-order valence-corrected chi connectivity index (χ4v) is 0.927. The van der Waals surface area contributed by atoms with Gasteiger partial charge in [0, 0.05) is 0 Å². The molecule has 1 atom stereocenters. The van der Waals surface area contributed by atoms with Crippen molar-refractivity contribution in [2.75, 3.05) is 0 Å². The summed E-state index contributed by atoms with van der Waals surface area (Å²) < 4.78 is 0. The molecule has 0 fully saturated rings. The molecule has 0 saturated carbocycles. The SMILES string of the molecule is C=C(C)CCC.C=CC(C)CC.C=CCC(C)C. The van der Waals surface area contributed by atoms with Crippen LogP contribution < -0.4 is 0 Å². The van der Waals surface area contributed by atoms with E-state index in [2.05, 4.69) is 61.3 Å². The molecule has 0 radical (unpaired) electrons. The normalized spacial score (nSPS) is 10.4. The predicted molar refractivity (Wildman–Crippen MR) is 89.0 cm³/mol. The van der Waals surface area contributed by atoms with Crippen molar-refractivity contribution >= 4 is 0 Å². The van der Waals surface area contributed by atoms with E-state index in [-0.39, 0.29) is 0 Å². The van der Waals surface area contributed by atoms with Crippen LogP contribution in [0.2, 0.25) is 0 Å². The van der Waals surface area contributed by atoms with Gasteiger partial charge in [-0.2, -0.15) is 0 Å². The van der Waals surface area contributed by atoms with E-state index in [1.165, 1.54) is 24.8 Å². The molecule has 0 N–H and O–H groups in total. The van der Waals surface area contributed by atoms with Crippen molar-refractivity contribution in [2.24, 2.45) is 11.8 Å². The summed E-state index contributed by atoms with van der Waals surface area (Å²) in [4.78, 5) is 0. The monoisotopic (exact) mass is 252 g/mol. The molecule has 0 amide bonds. The molecule has 0 rings (SSSR count). The Kier molecular flexibility index (Phi) is 23.1. The predicted octanol–water partition coefficient (Wildman–Crippen LogP) is 6.80. The number of rotatable bonds is 6. The first-order valence-corrected chi connectivity index (χ1v) is 7.23. The van der Waals surface area contributed by atoms with Crippen LogP contribution in [-0.2, 0) is 0 Å². The van der Waals surface area contributed by atoms with Gasteiger partial charge in [-0.05, 0) is 31.6 Å². The van der Waals surface area contributed by atoms with E-state index in [1.54, 1.807) is 0 Å². The van der Waals surface area contributed by atoms with Gasteiger partial charge in [0.2, 0.25) is 0 Å². The van der Waals surface area contributed by atoms with Crippen LogP contribution in [0.1, 0.15) is 67.2 Å². The first kappa shape index (κ1) is 22.4. The van der Waals surface area contributed by atoms with Crippen molar-refractivity contribution in [1.29, 1.82) is 0 Å². The molecule has 0 aliphatic rings. The highest BCUT2D eigenvalue weighted by Gasteiger charge is 1.84. The topological polar surface area (TPSA) is 0 Å². The van der Waals surface area contributed by atoms with Crippen LogP contribution in [-0.4, -0.2) is 0 Å². The molecule has 1 unspecified atom stereocenters. The maximum Gasteiger partial charge on any atom is -0.0267 e. The molecule has 0 heterocycles. The Labute approximate surface area is 117 Å². The zero-order chi connectivity index (χ0) is 15.0. The maximum absolute atomic E-state index is 3.74. The van der Waals surface area contributed by atoms with Crippen molar-refractivity contribution in [3.05, 3.63) is 37.5 Å². The second kappa shape index (κ2) is 18.6. The van der Waals surface area contributed by atoms with E-state index in [0.29, 0.717) is 5.92 Å². The van der Waals surface area contributed by atoms with Gasteiger partial charge >= 0.3 is 0 Å². The largest absolute Gasteiger partial charge is 0.103 e. The molecule has 0 aromatic heterocycles. The van der Waals surface area contributed by atoms with Crippen LogP contribution in [0.15, 0.2) is 37.5 Å². The summed E-state index contributed by atoms with van der Waals surface area (Å²) in [7, 11) is 0. The lowest BCUT2D eigenvalue weighted by Gasteiger charge is -1.93. The van der Waals surface area contributed by atoms with Gasteiger partial charge in [-0.25, -0.2) is 0 Å². The molecular formula is C18H36. The molecule has 0 nitrogen and oxygen atoms in total. The van der Waals surface area contributed by atoms with Gasteiger partial charge in [-0.1, -0.05) is 65.2 Å². The van der Waals surface area contributed by atoms with Crippen molar-refractivity contribution in [2.45, 2.75) is 67.2 Å². The van der Waals surface area contributed by atoms with Gasteiger partial charge < -0.3 is 0 Å². The summed E-state index contributed by atoms with van der Waals surface area (Å²) in [5.41, 5.74) is 1.29. The zero-order valence-corrected chi connectivity index (χ0v) is 13.8. The third-order valence-corrected chi connectivity index (χ3v) is 2.36. The van der Waals surface area contributed by atoms with E-state index in [0.717, 1.165) is 12.3 Å². The average Bonchev–Trinajstić information content (AvgIpc) is 2.29. The second-order valence-electron chi connectivity index (χ2n) is 5.25. The van der Waals surface area contributed by atoms with Gasteiger partial charge in [-0.3, -0.25) is 0 Å². The summed E-state index contributed by atoms with van der Waals surface area (Å²) in [5, 5.41) is 0. The Morgan fingerprint density at radius 2 is 1.61 bits per heavy atom. The van der Waals surface area contributed by atoms with Crippen molar-refractivity contribution in [3.8, 4) is 0 Å². The van der Waals surface area contributed by atoms with E-state index in [1.807, 2.05) is 12.2 Å². The third kappa shape index (κ3) is 36.2. The van der Waals surface area contributed by atoms with Gasteiger partial charge in [-0.15, -0.1) is 19.7 Å². The standard InChI is InChI=1S/3C6H12/c2*1-4-5-6(2)3;1-4-6(3)5-2/h2,4-5H2,1,3H3;2*4,6H,1,5H2,2-3H3. The Hall–Kier alpha value is -0.780. The smallest absolute Gasteiger partial charge is 0.0267 e. The summed E-state index contributed by atoms with van der Waals surface area (Å²) in [6, 6.07) is 0. The average molecular weight is 252 g/mol. The van der Waals surface area contributed by atoms with Crippen LogP contribution in [0.4, 0.5) is 0 Å². The van der Waals surface area contributed by atoms with Crippen LogP contribution in [0.25, 0.3) is 0 Å². The Bertz CT molecular complexity index is 186. The molecule has 0 heteroatoms. The first-order valence-electron chi connectivity index (χ1n) is 7.23. The molecule has 108 valence electrons. The lowest BCUT2D eigenvalue weighted by atomic mass is 10.1. The van der Waals surface area contributed by atoms with Gasteiger partial charge in [0.1, 0.15) is 0 Å². The van der Waals surface area contributed by atoms with Crippen molar-refractivity contribution in [3.63, 3.8) is 0 Å². The lowest BCUT2D eigenvalue weighted by molar-refractivity contribution is 0.664. The Morgan fingerprint density at radius 3 is 1.61 bits per heavy atom. The van der Waals surface area contributed by atoms with Crippen LogP contribution in [0.5, 0.6) is 0 Å². The summed E-state index contributed by atoms with van der Waals surface area (Å²) in [6.07, 6.45) is 8.68. The minimum absolute atomic E-state index is 0.699. The van der Waals surface area contributed by atoms with Gasteiger partial charge in [0.05, 0.1) is 0 Å². The van der Waals surface area contributed by atoms with Crippen LogP contribution in [0.3, 0.4) is 0 Å². The fourth-order valence-electron chi connectivity index (χ4n) is 0.927. The summed E-state index contributed by atoms with van der Waals surface area (Å²) in [6.45, 7) is 23.9. The fraction of sp³-hybridized carbons (Fsp3) is 0.667. The quantitative estimate of drug-likeness (QED) is 0.456. The highest BCUT2D eigenvalue weighted by Crippen LogP contribution is 1.98. The molecule has 0 aromatic carbocycles. The van der Waals surface area contributed by atoms with Crippen molar-refractivity contribution < 1.29 is 0 Å².